The Kier molecular flexibility index (Phi) is 4.57. The lowest BCUT2D eigenvalue weighted by Gasteiger charge is -2.05. The average Bonchev–Trinajstić information content (AvgIpc) is 2.66. The summed E-state index contributed by atoms with van der Waals surface area (Å²) in [6, 6.07) is 5.93. The van der Waals surface area contributed by atoms with E-state index < -0.39 is 0 Å². The molecule has 0 radical (unpaired) electrons. The summed E-state index contributed by atoms with van der Waals surface area (Å²) in [5, 5.41) is 5.28. The van der Waals surface area contributed by atoms with Crippen molar-refractivity contribution in [2.24, 2.45) is 0 Å². The van der Waals surface area contributed by atoms with Gasteiger partial charge in [0.1, 0.15) is 0 Å². The van der Waals surface area contributed by atoms with Crippen molar-refractivity contribution >= 4 is 32.7 Å². The second-order valence-electron chi connectivity index (χ2n) is 3.88. The van der Waals surface area contributed by atoms with Gasteiger partial charge in [-0.3, -0.25) is 4.68 Å². The molecule has 2 N–H and O–H groups in total. The molecule has 0 saturated carbocycles. The summed E-state index contributed by atoms with van der Waals surface area (Å²) in [6.07, 6.45) is 0. The van der Waals surface area contributed by atoms with E-state index in [2.05, 4.69) is 21.0 Å². The van der Waals surface area contributed by atoms with Gasteiger partial charge in [0.25, 0.3) is 0 Å². The van der Waals surface area contributed by atoms with Gasteiger partial charge in [-0.05, 0) is 18.2 Å². The first-order valence-electron chi connectivity index (χ1n) is 5.70. The fourth-order valence-electron chi connectivity index (χ4n) is 1.74. The molecule has 1 aromatic carbocycles. The van der Waals surface area contributed by atoms with Crippen LogP contribution in [0.5, 0.6) is 0 Å². The van der Waals surface area contributed by atoms with Crippen molar-refractivity contribution < 1.29 is 9.47 Å². The minimum atomic E-state index is 0.550. The normalized spacial score (nSPS) is 11.2. The molecular weight excluding hydrogens is 298 g/mol. The fourth-order valence-corrected chi connectivity index (χ4v) is 2.09. The first-order chi connectivity index (χ1) is 8.72. The van der Waals surface area contributed by atoms with Crippen LogP contribution in [0.3, 0.4) is 0 Å². The van der Waals surface area contributed by atoms with Crippen molar-refractivity contribution in [2.75, 3.05) is 32.7 Å². The lowest BCUT2D eigenvalue weighted by Crippen LogP contribution is -2.10. The summed E-state index contributed by atoms with van der Waals surface area (Å²) in [7, 11) is 1.66. The van der Waals surface area contributed by atoms with Gasteiger partial charge >= 0.3 is 0 Å². The number of nitrogens with zero attached hydrogens (tertiary/aromatic N) is 2. The summed E-state index contributed by atoms with van der Waals surface area (Å²) >= 11 is 3.45. The number of nitrogen functional groups attached to an aromatic ring is 1. The number of rotatable bonds is 6. The summed E-state index contributed by atoms with van der Waals surface area (Å²) in [5.74, 6) is 0.550. The smallest absolute Gasteiger partial charge is 0.153 e. The molecule has 0 atom stereocenters. The molecule has 1 heterocycles. The second kappa shape index (κ2) is 6.17. The molecule has 0 aliphatic carbocycles. The standard InChI is InChI=1S/C12H16BrN3O2/c1-17-6-7-18-5-4-16-11-8-9(13)2-3-10(11)12(14)15-16/h2-3,8H,4-7H2,1H3,(H2,14,15). The Morgan fingerprint density at radius 1 is 1.33 bits per heavy atom. The number of aromatic nitrogens is 2. The Bertz CT molecular complexity index is 527. The maximum Gasteiger partial charge on any atom is 0.153 e. The fraction of sp³-hybridized carbons (Fsp3) is 0.417. The van der Waals surface area contributed by atoms with Crippen LogP contribution >= 0.6 is 15.9 Å². The van der Waals surface area contributed by atoms with E-state index in [0.717, 1.165) is 15.4 Å². The highest BCUT2D eigenvalue weighted by molar-refractivity contribution is 9.10. The van der Waals surface area contributed by atoms with E-state index in [1.54, 1.807) is 7.11 Å². The molecule has 0 bridgehead atoms. The van der Waals surface area contributed by atoms with Crippen LogP contribution in [0.25, 0.3) is 10.9 Å². The van der Waals surface area contributed by atoms with Gasteiger partial charge in [0.15, 0.2) is 5.82 Å². The van der Waals surface area contributed by atoms with E-state index in [4.69, 9.17) is 15.2 Å². The summed E-state index contributed by atoms with van der Waals surface area (Å²) < 4.78 is 13.2. The predicted octanol–water partition coefficient (Wildman–Crippen LogP) is 2.04. The number of hydrogen-bond donors (Lipinski definition) is 1. The number of fused-ring (bicyclic) bond motifs is 1. The third kappa shape index (κ3) is 3.01. The lowest BCUT2D eigenvalue weighted by molar-refractivity contribution is 0.0659. The van der Waals surface area contributed by atoms with Crippen molar-refractivity contribution in [1.82, 2.24) is 9.78 Å². The van der Waals surface area contributed by atoms with E-state index in [0.29, 0.717) is 32.2 Å². The van der Waals surface area contributed by atoms with Crippen LogP contribution in [0.1, 0.15) is 0 Å². The molecule has 0 amide bonds. The average molecular weight is 314 g/mol. The van der Waals surface area contributed by atoms with Crippen molar-refractivity contribution in [1.29, 1.82) is 0 Å². The monoisotopic (exact) mass is 313 g/mol. The number of methoxy groups -OCH3 is 1. The molecule has 98 valence electrons. The zero-order valence-corrected chi connectivity index (χ0v) is 11.8. The molecule has 0 saturated heterocycles. The van der Waals surface area contributed by atoms with Gasteiger partial charge in [0.2, 0.25) is 0 Å². The summed E-state index contributed by atoms with van der Waals surface area (Å²) in [5.41, 5.74) is 6.88. The van der Waals surface area contributed by atoms with Gasteiger partial charge in [-0.15, -0.1) is 0 Å². The summed E-state index contributed by atoms with van der Waals surface area (Å²) in [4.78, 5) is 0. The van der Waals surface area contributed by atoms with Crippen LogP contribution in [0.15, 0.2) is 22.7 Å². The number of benzene rings is 1. The quantitative estimate of drug-likeness (QED) is 0.829. The van der Waals surface area contributed by atoms with E-state index in [-0.39, 0.29) is 0 Å². The van der Waals surface area contributed by atoms with Gasteiger partial charge in [0, 0.05) is 17.0 Å². The molecule has 2 aromatic rings. The van der Waals surface area contributed by atoms with Crippen LogP contribution in [-0.2, 0) is 16.0 Å². The molecule has 6 heteroatoms. The molecule has 0 aliphatic rings. The van der Waals surface area contributed by atoms with E-state index in [9.17, 15) is 0 Å². The van der Waals surface area contributed by atoms with Gasteiger partial charge in [-0.25, -0.2) is 0 Å². The van der Waals surface area contributed by atoms with E-state index in [1.807, 2.05) is 22.9 Å². The highest BCUT2D eigenvalue weighted by atomic mass is 79.9. The molecule has 0 unspecified atom stereocenters. The Balaban J connectivity index is 2.06. The number of ether oxygens (including phenoxy) is 2. The van der Waals surface area contributed by atoms with Crippen molar-refractivity contribution in [2.45, 2.75) is 6.54 Å². The Labute approximate surface area is 114 Å². The SMILES string of the molecule is COCCOCCn1nc(N)c2ccc(Br)cc21. The number of anilines is 1. The number of halogens is 1. The highest BCUT2D eigenvalue weighted by Crippen LogP contribution is 2.24. The molecule has 0 spiro atoms. The zero-order chi connectivity index (χ0) is 13.0. The minimum absolute atomic E-state index is 0.550. The van der Waals surface area contributed by atoms with Crippen LogP contribution < -0.4 is 5.73 Å². The minimum Gasteiger partial charge on any atom is -0.382 e. The van der Waals surface area contributed by atoms with Crippen molar-refractivity contribution in [3.63, 3.8) is 0 Å². The first-order valence-corrected chi connectivity index (χ1v) is 6.50. The second-order valence-corrected chi connectivity index (χ2v) is 4.79. The van der Waals surface area contributed by atoms with Crippen molar-refractivity contribution in [3.05, 3.63) is 22.7 Å². The molecule has 18 heavy (non-hydrogen) atoms. The molecular formula is C12H16BrN3O2. The highest BCUT2D eigenvalue weighted by Gasteiger charge is 2.07. The summed E-state index contributed by atoms with van der Waals surface area (Å²) in [6.45, 7) is 2.46. The van der Waals surface area contributed by atoms with Crippen LogP contribution in [-0.4, -0.2) is 36.7 Å². The van der Waals surface area contributed by atoms with Gasteiger partial charge in [-0.1, -0.05) is 15.9 Å². The van der Waals surface area contributed by atoms with Gasteiger partial charge in [0.05, 0.1) is 31.9 Å². The predicted molar refractivity (Wildman–Crippen MR) is 74.5 cm³/mol. The molecule has 0 aliphatic heterocycles. The number of nitrogens with two attached hydrogens (primary N) is 1. The Morgan fingerprint density at radius 3 is 2.94 bits per heavy atom. The van der Waals surface area contributed by atoms with Crippen LogP contribution in [0.4, 0.5) is 5.82 Å². The largest absolute Gasteiger partial charge is 0.382 e. The lowest BCUT2D eigenvalue weighted by atomic mass is 10.2. The maximum absolute atomic E-state index is 5.87. The zero-order valence-electron chi connectivity index (χ0n) is 10.2. The maximum atomic E-state index is 5.87. The van der Waals surface area contributed by atoms with Crippen LogP contribution in [0.2, 0.25) is 0 Å². The molecule has 2 rings (SSSR count). The number of hydrogen-bond acceptors (Lipinski definition) is 4. The van der Waals surface area contributed by atoms with Crippen molar-refractivity contribution in [3.8, 4) is 0 Å². The molecule has 1 aromatic heterocycles. The van der Waals surface area contributed by atoms with E-state index in [1.165, 1.54) is 0 Å². The third-order valence-electron chi connectivity index (χ3n) is 2.62. The molecule has 0 fully saturated rings. The van der Waals surface area contributed by atoms with E-state index >= 15 is 0 Å². The van der Waals surface area contributed by atoms with Gasteiger partial charge < -0.3 is 15.2 Å². The Hall–Kier alpha value is -1.11. The third-order valence-corrected chi connectivity index (χ3v) is 3.11. The Morgan fingerprint density at radius 2 is 2.17 bits per heavy atom. The topological polar surface area (TPSA) is 62.3 Å². The molecule has 5 nitrogen and oxygen atoms in total. The first kappa shape index (κ1) is 13.3. The van der Waals surface area contributed by atoms with Gasteiger partial charge in [-0.2, -0.15) is 5.10 Å². The van der Waals surface area contributed by atoms with Crippen LogP contribution in [0, 0.1) is 0 Å².